The minimum Gasteiger partial charge on any atom is -0.351 e. The van der Waals surface area contributed by atoms with Gasteiger partial charge < -0.3 is 5.32 Å². The first kappa shape index (κ1) is 12.8. The molecule has 1 N–H and O–H groups in total. The standard InChI is InChI=1S/C12H12BrClFNO/c13-9-3-8(4-10(15)5-9)12(17)16-6-11(14)7-1-2-7/h3-5,7,11H,1-2,6H2,(H,16,17). The first-order valence-corrected chi connectivity index (χ1v) is 6.67. The molecule has 1 aromatic carbocycles. The van der Waals surface area contributed by atoms with E-state index >= 15 is 0 Å². The molecule has 0 aliphatic heterocycles. The topological polar surface area (TPSA) is 29.1 Å². The Labute approximate surface area is 113 Å². The molecule has 1 saturated carbocycles. The van der Waals surface area contributed by atoms with Crippen LogP contribution in [0.2, 0.25) is 0 Å². The van der Waals surface area contributed by atoms with E-state index in [-0.39, 0.29) is 11.3 Å². The Morgan fingerprint density at radius 1 is 1.53 bits per heavy atom. The number of carbonyl (C=O) groups is 1. The van der Waals surface area contributed by atoms with Crippen LogP contribution in [0.15, 0.2) is 22.7 Å². The summed E-state index contributed by atoms with van der Waals surface area (Å²) >= 11 is 9.22. The van der Waals surface area contributed by atoms with Gasteiger partial charge in [-0.05, 0) is 37.0 Å². The second-order valence-electron chi connectivity index (χ2n) is 4.22. The predicted molar refractivity (Wildman–Crippen MR) is 68.8 cm³/mol. The third kappa shape index (κ3) is 3.68. The van der Waals surface area contributed by atoms with E-state index in [1.54, 1.807) is 6.07 Å². The first-order valence-electron chi connectivity index (χ1n) is 5.44. The Bertz CT molecular complexity index is 416. The van der Waals surface area contributed by atoms with Crippen molar-refractivity contribution in [3.8, 4) is 0 Å². The molecule has 0 heterocycles. The van der Waals surface area contributed by atoms with Crippen LogP contribution in [-0.2, 0) is 0 Å². The van der Waals surface area contributed by atoms with E-state index in [0.717, 1.165) is 12.8 Å². The van der Waals surface area contributed by atoms with Gasteiger partial charge in [-0.2, -0.15) is 0 Å². The number of nitrogens with one attached hydrogen (secondary N) is 1. The van der Waals surface area contributed by atoms with Crippen molar-refractivity contribution in [1.29, 1.82) is 0 Å². The van der Waals surface area contributed by atoms with Crippen LogP contribution in [0.25, 0.3) is 0 Å². The number of carbonyl (C=O) groups excluding carboxylic acids is 1. The number of halogens is 3. The van der Waals surface area contributed by atoms with Crippen LogP contribution in [0.3, 0.4) is 0 Å². The fraction of sp³-hybridized carbons (Fsp3) is 0.417. The Morgan fingerprint density at radius 2 is 2.24 bits per heavy atom. The van der Waals surface area contributed by atoms with Crippen molar-refractivity contribution in [3.63, 3.8) is 0 Å². The lowest BCUT2D eigenvalue weighted by Crippen LogP contribution is -2.30. The summed E-state index contributed by atoms with van der Waals surface area (Å²) in [5, 5.41) is 2.70. The molecule has 0 aromatic heterocycles. The van der Waals surface area contributed by atoms with Gasteiger partial charge in [0.2, 0.25) is 0 Å². The SMILES string of the molecule is O=C(NCC(Cl)C1CC1)c1cc(F)cc(Br)c1. The molecule has 0 bridgehead atoms. The molecule has 2 rings (SSSR count). The number of hydrogen-bond acceptors (Lipinski definition) is 1. The summed E-state index contributed by atoms with van der Waals surface area (Å²) in [4.78, 5) is 11.7. The third-order valence-corrected chi connectivity index (χ3v) is 3.68. The van der Waals surface area contributed by atoms with Gasteiger partial charge in [-0.3, -0.25) is 4.79 Å². The molecule has 92 valence electrons. The van der Waals surface area contributed by atoms with Crippen molar-refractivity contribution in [2.45, 2.75) is 18.2 Å². The zero-order valence-corrected chi connectivity index (χ0v) is 11.4. The van der Waals surface area contributed by atoms with Gasteiger partial charge in [0, 0.05) is 16.6 Å². The Kier molecular flexibility index (Phi) is 4.05. The summed E-state index contributed by atoms with van der Waals surface area (Å²) in [6.07, 6.45) is 2.27. The van der Waals surface area contributed by atoms with E-state index in [1.807, 2.05) is 0 Å². The average molecular weight is 321 g/mol. The largest absolute Gasteiger partial charge is 0.351 e. The molecule has 1 aliphatic carbocycles. The van der Waals surface area contributed by atoms with Gasteiger partial charge in [0.15, 0.2) is 0 Å². The van der Waals surface area contributed by atoms with Crippen LogP contribution in [0.1, 0.15) is 23.2 Å². The van der Waals surface area contributed by atoms with E-state index < -0.39 is 5.82 Å². The molecule has 1 amide bonds. The van der Waals surface area contributed by atoms with Gasteiger partial charge in [0.05, 0.1) is 5.38 Å². The van der Waals surface area contributed by atoms with Crippen molar-refractivity contribution in [2.24, 2.45) is 5.92 Å². The number of rotatable bonds is 4. The molecule has 17 heavy (non-hydrogen) atoms. The molecule has 0 spiro atoms. The third-order valence-electron chi connectivity index (χ3n) is 2.72. The Balaban J connectivity index is 1.94. The van der Waals surface area contributed by atoms with Crippen LogP contribution < -0.4 is 5.32 Å². The van der Waals surface area contributed by atoms with Crippen LogP contribution >= 0.6 is 27.5 Å². The summed E-state index contributed by atoms with van der Waals surface area (Å²) in [5.41, 5.74) is 0.302. The highest BCUT2D eigenvalue weighted by Crippen LogP contribution is 2.35. The van der Waals surface area contributed by atoms with E-state index in [1.165, 1.54) is 12.1 Å². The molecule has 5 heteroatoms. The number of hydrogen-bond donors (Lipinski definition) is 1. The lowest BCUT2D eigenvalue weighted by atomic mass is 10.2. The number of alkyl halides is 1. The Morgan fingerprint density at radius 3 is 2.82 bits per heavy atom. The summed E-state index contributed by atoms with van der Waals surface area (Å²) in [5.74, 6) is -0.207. The molecule has 1 aromatic rings. The van der Waals surface area contributed by atoms with Crippen LogP contribution in [0.5, 0.6) is 0 Å². The molecule has 1 atom stereocenters. The molecule has 1 aliphatic rings. The zero-order chi connectivity index (χ0) is 12.4. The van der Waals surface area contributed by atoms with E-state index in [9.17, 15) is 9.18 Å². The fourth-order valence-electron chi connectivity index (χ4n) is 1.60. The minimum absolute atomic E-state index is 0.0176. The molecule has 0 radical (unpaired) electrons. The van der Waals surface area contributed by atoms with E-state index in [4.69, 9.17) is 11.6 Å². The van der Waals surface area contributed by atoms with Gasteiger partial charge in [0.25, 0.3) is 5.91 Å². The fourth-order valence-corrected chi connectivity index (χ4v) is 2.40. The molecule has 1 fully saturated rings. The summed E-state index contributed by atoms with van der Waals surface area (Å²) < 4.78 is 13.6. The Hall–Kier alpha value is -0.610. The van der Waals surface area contributed by atoms with Crippen molar-refractivity contribution < 1.29 is 9.18 Å². The van der Waals surface area contributed by atoms with Gasteiger partial charge in [-0.15, -0.1) is 11.6 Å². The maximum atomic E-state index is 13.1. The smallest absolute Gasteiger partial charge is 0.251 e. The molecule has 2 nitrogen and oxygen atoms in total. The van der Waals surface area contributed by atoms with Crippen LogP contribution in [-0.4, -0.2) is 17.8 Å². The van der Waals surface area contributed by atoms with Crippen LogP contribution in [0, 0.1) is 11.7 Å². The molecule has 1 unspecified atom stereocenters. The monoisotopic (exact) mass is 319 g/mol. The van der Waals surface area contributed by atoms with E-state index in [2.05, 4.69) is 21.2 Å². The highest BCUT2D eigenvalue weighted by molar-refractivity contribution is 9.10. The minimum atomic E-state index is -0.436. The maximum Gasteiger partial charge on any atom is 0.251 e. The highest BCUT2D eigenvalue weighted by Gasteiger charge is 2.29. The van der Waals surface area contributed by atoms with Crippen LogP contribution in [0.4, 0.5) is 4.39 Å². The van der Waals surface area contributed by atoms with Crippen molar-refractivity contribution >= 4 is 33.4 Å². The quantitative estimate of drug-likeness (QED) is 0.847. The van der Waals surface area contributed by atoms with Crippen molar-refractivity contribution in [1.82, 2.24) is 5.32 Å². The molecule has 0 saturated heterocycles. The lowest BCUT2D eigenvalue weighted by Gasteiger charge is -2.10. The maximum absolute atomic E-state index is 13.1. The summed E-state index contributed by atoms with van der Waals surface area (Å²) in [6, 6.07) is 4.10. The lowest BCUT2D eigenvalue weighted by molar-refractivity contribution is 0.0952. The highest BCUT2D eigenvalue weighted by atomic mass is 79.9. The normalized spacial score (nSPS) is 16.6. The molecular weight excluding hydrogens is 308 g/mol. The van der Waals surface area contributed by atoms with Gasteiger partial charge in [-0.1, -0.05) is 15.9 Å². The van der Waals surface area contributed by atoms with Gasteiger partial charge in [-0.25, -0.2) is 4.39 Å². The summed E-state index contributed by atoms with van der Waals surface area (Å²) in [6.45, 7) is 0.430. The second-order valence-corrected chi connectivity index (χ2v) is 5.70. The van der Waals surface area contributed by atoms with Gasteiger partial charge in [0.1, 0.15) is 5.82 Å². The second kappa shape index (κ2) is 5.36. The number of amides is 1. The molecular formula is C12H12BrClFNO. The predicted octanol–water partition coefficient (Wildman–Crippen LogP) is 3.34. The van der Waals surface area contributed by atoms with E-state index in [0.29, 0.717) is 22.5 Å². The van der Waals surface area contributed by atoms with Gasteiger partial charge >= 0.3 is 0 Å². The van der Waals surface area contributed by atoms with Crippen molar-refractivity contribution in [2.75, 3.05) is 6.54 Å². The average Bonchev–Trinajstić information content (AvgIpc) is 3.07. The summed E-state index contributed by atoms with van der Waals surface area (Å²) in [7, 11) is 0. The zero-order valence-electron chi connectivity index (χ0n) is 9.05. The number of benzene rings is 1. The first-order chi connectivity index (χ1) is 8.06. The van der Waals surface area contributed by atoms with Crippen molar-refractivity contribution in [3.05, 3.63) is 34.1 Å².